The molecule has 2 rings (SSSR count). The second-order valence-corrected chi connectivity index (χ2v) is 7.82. The molecule has 0 radical (unpaired) electrons. The smallest absolute Gasteiger partial charge is 0.166 e. The topological polar surface area (TPSA) is 49.8 Å². The zero-order chi connectivity index (χ0) is 18.9. The van der Waals surface area contributed by atoms with E-state index in [1.807, 2.05) is 12.1 Å². The number of carbonyl (C=O) groups is 1. The van der Waals surface area contributed by atoms with Crippen LogP contribution in [0.5, 0.6) is 5.75 Å². The van der Waals surface area contributed by atoms with Gasteiger partial charge in [-0.15, -0.1) is 0 Å². The predicted molar refractivity (Wildman–Crippen MR) is 106 cm³/mol. The van der Waals surface area contributed by atoms with Crippen molar-refractivity contribution in [1.29, 1.82) is 0 Å². The van der Waals surface area contributed by atoms with Crippen LogP contribution in [0.2, 0.25) is 0 Å². The summed E-state index contributed by atoms with van der Waals surface area (Å²) in [6.45, 7) is 4.54. The maximum atomic E-state index is 12.9. The molecule has 1 heterocycles. The Bertz CT molecular complexity index is 571. The molecule has 1 aliphatic heterocycles. The van der Waals surface area contributed by atoms with Gasteiger partial charge in [-0.2, -0.15) is 0 Å². The number of hydrogen-bond acceptors (Lipinski definition) is 4. The largest absolute Gasteiger partial charge is 0.507 e. The van der Waals surface area contributed by atoms with Gasteiger partial charge in [0, 0.05) is 25.5 Å². The SMILES string of the molecule is CCCCCCCC(=O)c1c(O)cccc1[C@@H]1CCOC[C@H]1CN(C)C. The van der Waals surface area contributed by atoms with Gasteiger partial charge in [-0.3, -0.25) is 4.79 Å². The fourth-order valence-electron chi connectivity index (χ4n) is 4.04. The normalized spacial score (nSPS) is 20.5. The number of Topliss-reactive ketones (excluding diaryl/α,β-unsaturated/α-hetero) is 1. The molecule has 146 valence electrons. The third kappa shape index (κ3) is 5.82. The molecular weight excluding hydrogens is 326 g/mol. The number of hydrogen-bond donors (Lipinski definition) is 1. The molecule has 1 aromatic carbocycles. The van der Waals surface area contributed by atoms with Crippen LogP contribution in [0.4, 0.5) is 0 Å². The van der Waals surface area contributed by atoms with E-state index in [0.717, 1.165) is 38.0 Å². The van der Waals surface area contributed by atoms with Crippen molar-refractivity contribution in [1.82, 2.24) is 4.90 Å². The fraction of sp³-hybridized carbons (Fsp3) is 0.682. The van der Waals surface area contributed by atoms with E-state index in [4.69, 9.17) is 4.74 Å². The first-order chi connectivity index (χ1) is 12.5. The lowest BCUT2D eigenvalue weighted by molar-refractivity contribution is 0.0300. The lowest BCUT2D eigenvalue weighted by atomic mass is 9.79. The number of ether oxygens (including phenoxy) is 1. The molecule has 0 amide bonds. The van der Waals surface area contributed by atoms with Crippen LogP contribution in [-0.2, 0) is 4.74 Å². The highest BCUT2D eigenvalue weighted by Crippen LogP contribution is 2.37. The van der Waals surface area contributed by atoms with Gasteiger partial charge < -0.3 is 14.7 Å². The van der Waals surface area contributed by atoms with E-state index >= 15 is 0 Å². The van der Waals surface area contributed by atoms with Crippen LogP contribution in [0.25, 0.3) is 0 Å². The summed E-state index contributed by atoms with van der Waals surface area (Å²) in [4.78, 5) is 15.1. The van der Waals surface area contributed by atoms with E-state index < -0.39 is 0 Å². The summed E-state index contributed by atoms with van der Waals surface area (Å²) in [5, 5.41) is 10.4. The second kappa shape index (κ2) is 10.7. The highest BCUT2D eigenvalue weighted by Gasteiger charge is 2.31. The van der Waals surface area contributed by atoms with Crippen LogP contribution >= 0.6 is 0 Å². The van der Waals surface area contributed by atoms with E-state index in [0.29, 0.717) is 24.5 Å². The lowest BCUT2D eigenvalue weighted by Crippen LogP contribution is -2.34. The highest BCUT2D eigenvalue weighted by atomic mass is 16.5. The van der Waals surface area contributed by atoms with Crippen LogP contribution in [0.15, 0.2) is 18.2 Å². The fourth-order valence-corrected chi connectivity index (χ4v) is 4.04. The Morgan fingerprint density at radius 3 is 2.73 bits per heavy atom. The van der Waals surface area contributed by atoms with Crippen molar-refractivity contribution in [3.63, 3.8) is 0 Å². The number of benzene rings is 1. The van der Waals surface area contributed by atoms with Crippen molar-refractivity contribution in [3.05, 3.63) is 29.3 Å². The number of phenolic OH excluding ortho intramolecular Hbond substituents is 1. The van der Waals surface area contributed by atoms with Crippen LogP contribution in [-0.4, -0.2) is 49.6 Å². The van der Waals surface area contributed by atoms with Crippen molar-refractivity contribution >= 4 is 5.78 Å². The number of unbranched alkanes of at least 4 members (excludes halogenated alkanes) is 4. The maximum absolute atomic E-state index is 12.9. The van der Waals surface area contributed by atoms with Gasteiger partial charge in [0.25, 0.3) is 0 Å². The molecule has 0 bridgehead atoms. The van der Waals surface area contributed by atoms with Crippen LogP contribution in [0.1, 0.15) is 73.7 Å². The molecule has 4 heteroatoms. The van der Waals surface area contributed by atoms with Crippen molar-refractivity contribution in [3.8, 4) is 5.75 Å². The molecule has 0 aliphatic carbocycles. The number of rotatable bonds is 10. The molecule has 2 atom stereocenters. The number of aromatic hydroxyl groups is 1. The Hall–Kier alpha value is -1.39. The van der Waals surface area contributed by atoms with Gasteiger partial charge in [-0.25, -0.2) is 0 Å². The molecule has 0 unspecified atom stereocenters. The molecule has 0 saturated carbocycles. The Morgan fingerprint density at radius 2 is 2.00 bits per heavy atom. The van der Waals surface area contributed by atoms with E-state index in [9.17, 15) is 9.90 Å². The third-order valence-electron chi connectivity index (χ3n) is 5.33. The van der Waals surface area contributed by atoms with Gasteiger partial charge in [0.2, 0.25) is 0 Å². The molecule has 4 nitrogen and oxygen atoms in total. The highest BCUT2D eigenvalue weighted by molar-refractivity contribution is 6.00. The minimum absolute atomic E-state index is 0.0877. The third-order valence-corrected chi connectivity index (χ3v) is 5.33. The van der Waals surface area contributed by atoms with Crippen molar-refractivity contribution in [2.45, 2.75) is 57.8 Å². The first kappa shape index (κ1) is 20.9. The first-order valence-corrected chi connectivity index (χ1v) is 10.1. The molecule has 1 saturated heterocycles. The van der Waals surface area contributed by atoms with Crippen molar-refractivity contribution in [2.24, 2.45) is 5.92 Å². The van der Waals surface area contributed by atoms with Crippen LogP contribution in [0, 0.1) is 5.92 Å². The lowest BCUT2D eigenvalue weighted by Gasteiger charge is -2.34. The van der Waals surface area contributed by atoms with Crippen LogP contribution < -0.4 is 0 Å². The number of carbonyl (C=O) groups excluding carboxylic acids is 1. The Labute approximate surface area is 158 Å². The minimum Gasteiger partial charge on any atom is -0.507 e. The van der Waals surface area contributed by atoms with Gasteiger partial charge in [-0.05, 0) is 44.5 Å². The van der Waals surface area contributed by atoms with Crippen molar-refractivity contribution < 1.29 is 14.6 Å². The summed E-state index contributed by atoms with van der Waals surface area (Å²) in [7, 11) is 4.13. The standard InChI is InChI=1S/C22H35NO3/c1-4-5-6-7-8-11-20(24)22-19(10-9-12-21(22)25)18-13-14-26-16-17(18)15-23(2)3/h9-10,12,17-18,25H,4-8,11,13-16H2,1-3H3/t17-,18-/m1/s1. The van der Waals surface area contributed by atoms with Crippen molar-refractivity contribution in [2.75, 3.05) is 33.9 Å². The Balaban J connectivity index is 2.15. The summed E-state index contributed by atoms with van der Waals surface area (Å²) >= 11 is 0. The van der Waals surface area contributed by atoms with E-state index in [1.165, 1.54) is 19.3 Å². The molecule has 0 aromatic heterocycles. The molecule has 1 aromatic rings. The number of ketones is 1. The van der Waals surface area contributed by atoms with E-state index in [-0.39, 0.29) is 17.5 Å². The number of nitrogens with zero attached hydrogens (tertiary/aromatic N) is 1. The first-order valence-electron chi connectivity index (χ1n) is 10.1. The van der Waals surface area contributed by atoms with Crippen LogP contribution in [0.3, 0.4) is 0 Å². The number of phenols is 1. The molecule has 0 spiro atoms. The zero-order valence-corrected chi connectivity index (χ0v) is 16.7. The Morgan fingerprint density at radius 1 is 1.23 bits per heavy atom. The van der Waals surface area contributed by atoms with Gasteiger partial charge in [0.15, 0.2) is 5.78 Å². The summed E-state index contributed by atoms with van der Waals surface area (Å²) in [6.07, 6.45) is 7.03. The molecular formula is C22H35NO3. The van der Waals surface area contributed by atoms with Gasteiger partial charge in [0.05, 0.1) is 12.2 Å². The average molecular weight is 362 g/mol. The molecule has 26 heavy (non-hydrogen) atoms. The van der Waals surface area contributed by atoms with E-state index in [1.54, 1.807) is 6.07 Å². The minimum atomic E-state index is 0.0877. The van der Waals surface area contributed by atoms with E-state index in [2.05, 4.69) is 25.9 Å². The summed E-state index contributed by atoms with van der Waals surface area (Å²) in [5.41, 5.74) is 1.57. The zero-order valence-electron chi connectivity index (χ0n) is 16.7. The average Bonchev–Trinajstić information content (AvgIpc) is 2.61. The van der Waals surface area contributed by atoms with Gasteiger partial charge in [0.1, 0.15) is 5.75 Å². The Kier molecular flexibility index (Phi) is 8.60. The second-order valence-electron chi connectivity index (χ2n) is 7.82. The quantitative estimate of drug-likeness (QED) is 0.488. The van der Waals surface area contributed by atoms with Gasteiger partial charge in [-0.1, -0.05) is 44.7 Å². The summed E-state index contributed by atoms with van der Waals surface area (Å²) in [6, 6.07) is 5.54. The maximum Gasteiger partial charge on any atom is 0.166 e. The predicted octanol–water partition coefficient (Wildman–Crippen LogP) is 4.62. The molecule has 1 N–H and O–H groups in total. The molecule has 1 fully saturated rings. The van der Waals surface area contributed by atoms with Gasteiger partial charge >= 0.3 is 0 Å². The molecule has 1 aliphatic rings. The summed E-state index contributed by atoms with van der Waals surface area (Å²) < 4.78 is 5.69. The monoisotopic (exact) mass is 361 g/mol. The summed E-state index contributed by atoms with van der Waals surface area (Å²) in [5.74, 6) is 0.829.